The smallest absolute Gasteiger partial charge is 0.231 e. The lowest BCUT2D eigenvalue weighted by atomic mass is 9.94. The molecule has 0 radical (unpaired) electrons. The quantitative estimate of drug-likeness (QED) is 0.927. The molecule has 0 aliphatic carbocycles. The number of amides is 1. The van der Waals surface area contributed by atoms with Gasteiger partial charge in [-0.05, 0) is 44.0 Å². The molecule has 0 saturated carbocycles. The van der Waals surface area contributed by atoms with Gasteiger partial charge in [0.2, 0.25) is 5.91 Å². The Kier molecular flexibility index (Phi) is 4.32. The molecule has 1 saturated heterocycles. The number of piperidine rings is 1. The lowest BCUT2D eigenvalue weighted by molar-refractivity contribution is -0.134. The van der Waals surface area contributed by atoms with E-state index in [4.69, 9.17) is 0 Å². The summed E-state index contributed by atoms with van der Waals surface area (Å²) in [5.74, 6) is 1.93. The first-order chi connectivity index (χ1) is 9.79. The molecule has 1 aromatic rings. The van der Waals surface area contributed by atoms with Crippen molar-refractivity contribution in [3.8, 4) is 0 Å². The fraction of sp³-hybridized carbons (Fsp3) is 0.562. The van der Waals surface area contributed by atoms with Crippen molar-refractivity contribution < 1.29 is 4.79 Å². The van der Waals surface area contributed by atoms with Gasteiger partial charge < -0.3 is 10.2 Å². The van der Waals surface area contributed by atoms with E-state index < -0.39 is 0 Å². The molecule has 108 valence electrons. The molecule has 0 bridgehead atoms. The Hall–Kier alpha value is -1.00. The van der Waals surface area contributed by atoms with Crippen molar-refractivity contribution in [1.82, 2.24) is 10.2 Å². The molecule has 1 aromatic carbocycles. The second kappa shape index (κ2) is 6.19. The van der Waals surface area contributed by atoms with Crippen LogP contribution in [-0.4, -0.2) is 43.2 Å². The Morgan fingerprint density at radius 2 is 2.30 bits per heavy atom. The van der Waals surface area contributed by atoms with Crippen LogP contribution < -0.4 is 5.32 Å². The standard InChI is InChI=1S/C16H22N2OS/c1-17-9-12-5-4-8-18(10-12)16(19)14-11-20-15-7-3-2-6-13(14)15/h2-3,6-7,12,14,17H,4-5,8-11H2,1H3/t12-,14-/m0/s1. The van der Waals surface area contributed by atoms with Crippen LogP contribution >= 0.6 is 11.8 Å². The zero-order valence-corrected chi connectivity index (χ0v) is 12.8. The number of rotatable bonds is 3. The minimum atomic E-state index is 0.0736. The molecule has 2 atom stereocenters. The summed E-state index contributed by atoms with van der Waals surface area (Å²) in [5, 5.41) is 3.24. The van der Waals surface area contributed by atoms with Gasteiger partial charge in [0.25, 0.3) is 0 Å². The van der Waals surface area contributed by atoms with Crippen molar-refractivity contribution in [3.63, 3.8) is 0 Å². The van der Waals surface area contributed by atoms with Gasteiger partial charge >= 0.3 is 0 Å². The van der Waals surface area contributed by atoms with Crippen LogP contribution in [0.25, 0.3) is 0 Å². The summed E-state index contributed by atoms with van der Waals surface area (Å²) in [6, 6.07) is 8.35. The average Bonchev–Trinajstić information content (AvgIpc) is 2.91. The normalized spacial score (nSPS) is 25.6. The van der Waals surface area contributed by atoms with Crippen LogP contribution in [0.4, 0.5) is 0 Å². The first-order valence-corrected chi connectivity index (χ1v) is 8.43. The summed E-state index contributed by atoms with van der Waals surface area (Å²) in [7, 11) is 1.99. The number of fused-ring (bicyclic) bond motifs is 1. The third-order valence-corrected chi connectivity index (χ3v) is 5.50. The van der Waals surface area contributed by atoms with Crippen molar-refractivity contribution in [2.24, 2.45) is 5.92 Å². The average molecular weight is 290 g/mol. The van der Waals surface area contributed by atoms with E-state index in [1.165, 1.54) is 16.9 Å². The van der Waals surface area contributed by atoms with Crippen LogP contribution in [0.2, 0.25) is 0 Å². The molecule has 2 aliphatic rings. The molecule has 4 heteroatoms. The van der Waals surface area contributed by atoms with Crippen LogP contribution in [-0.2, 0) is 4.79 Å². The van der Waals surface area contributed by atoms with Crippen LogP contribution in [0.15, 0.2) is 29.2 Å². The zero-order chi connectivity index (χ0) is 13.9. The van der Waals surface area contributed by atoms with Crippen molar-refractivity contribution in [3.05, 3.63) is 29.8 Å². The molecule has 3 rings (SSSR count). The van der Waals surface area contributed by atoms with Crippen LogP contribution in [0.3, 0.4) is 0 Å². The number of hydrogen-bond donors (Lipinski definition) is 1. The van der Waals surface area contributed by atoms with Crippen LogP contribution in [0.1, 0.15) is 24.3 Å². The Morgan fingerprint density at radius 1 is 1.45 bits per heavy atom. The highest BCUT2D eigenvalue weighted by atomic mass is 32.2. The molecular formula is C16H22N2OS. The van der Waals surface area contributed by atoms with E-state index in [1.807, 2.05) is 24.9 Å². The van der Waals surface area contributed by atoms with Crippen LogP contribution in [0, 0.1) is 5.92 Å². The van der Waals surface area contributed by atoms with Gasteiger partial charge in [0.05, 0.1) is 5.92 Å². The molecule has 2 aliphatic heterocycles. The van der Waals surface area contributed by atoms with Crippen molar-refractivity contribution in [1.29, 1.82) is 0 Å². The Balaban J connectivity index is 1.70. The summed E-state index contributed by atoms with van der Waals surface area (Å²) in [6.07, 6.45) is 2.38. The molecule has 3 nitrogen and oxygen atoms in total. The van der Waals surface area contributed by atoms with Gasteiger partial charge in [-0.15, -0.1) is 11.8 Å². The lowest BCUT2D eigenvalue weighted by Gasteiger charge is -2.34. The molecule has 0 unspecified atom stereocenters. The lowest BCUT2D eigenvalue weighted by Crippen LogP contribution is -2.44. The molecule has 20 heavy (non-hydrogen) atoms. The summed E-state index contributed by atoms with van der Waals surface area (Å²) < 4.78 is 0. The number of carbonyl (C=O) groups excluding carboxylic acids is 1. The van der Waals surface area contributed by atoms with Crippen LogP contribution in [0.5, 0.6) is 0 Å². The first kappa shape index (κ1) is 14.0. The number of hydrogen-bond acceptors (Lipinski definition) is 3. The molecular weight excluding hydrogens is 268 g/mol. The number of nitrogens with zero attached hydrogens (tertiary/aromatic N) is 1. The monoisotopic (exact) mass is 290 g/mol. The van der Waals surface area contributed by atoms with Gasteiger partial charge in [-0.25, -0.2) is 0 Å². The van der Waals surface area contributed by atoms with E-state index in [1.54, 1.807) is 0 Å². The van der Waals surface area contributed by atoms with Gasteiger partial charge in [-0.2, -0.15) is 0 Å². The fourth-order valence-electron chi connectivity index (χ4n) is 3.31. The van der Waals surface area contributed by atoms with Gasteiger partial charge in [-0.3, -0.25) is 4.79 Å². The van der Waals surface area contributed by atoms with Gasteiger partial charge in [-0.1, -0.05) is 18.2 Å². The summed E-state index contributed by atoms with van der Waals surface area (Å²) in [4.78, 5) is 16.2. The minimum Gasteiger partial charge on any atom is -0.342 e. The van der Waals surface area contributed by atoms with E-state index in [-0.39, 0.29) is 5.92 Å². The Bertz CT molecular complexity index is 489. The predicted octanol–water partition coefficient (Wildman–Crippen LogP) is 2.33. The molecule has 1 amide bonds. The third-order valence-electron chi connectivity index (χ3n) is 4.32. The maximum atomic E-state index is 12.8. The number of carbonyl (C=O) groups is 1. The largest absolute Gasteiger partial charge is 0.342 e. The van der Waals surface area contributed by atoms with Gasteiger partial charge in [0.15, 0.2) is 0 Å². The van der Waals surface area contributed by atoms with Gasteiger partial charge in [0, 0.05) is 23.7 Å². The summed E-state index contributed by atoms with van der Waals surface area (Å²) in [5.41, 5.74) is 1.23. The predicted molar refractivity (Wildman–Crippen MR) is 83.1 cm³/mol. The minimum absolute atomic E-state index is 0.0736. The highest BCUT2D eigenvalue weighted by Gasteiger charge is 2.33. The maximum Gasteiger partial charge on any atom is 0.231 e. The molecule has 1 fully saturated rings. The maximum absolute atomic E-state index is 12.8. The number of thioether (sulfide) groups is 1. The summed E-state index contributed by atoms with van der Waals surface area (Å²) >= 11 is 1.82. The fourth-order valence-corrected chi connectivity index (χ4v) is 4.53. The highest BCUT2D eigenvalue weighted by Crippen LogP contribution is 2.40. The first-order valence-electron chi connectivity index (χ1n) is 7.44. The van der Waals surface area contributed by atoms with E-state index in [2.05, 4.69) is 28.4 Å². The third kappa shape index (κ3) is 2.72. The van der Waals surface area contributed by atoms with E-state index in [0.717, 1.165) is 31.8 Å². The highest BCUT2D eigenvalue weighted by molar-refractivity contribution is 7.99. The summed E-state index contributed by atoms with van der Waals surface area (Å²) in [6.45, 7) is 2.87. The Labute approximate surface area is 125 Å². The molecule has 0 aromatic heterocycles. The van der Waals surface area contributed by atoms with Crippen molar-refractivity contribution in [2.45, 2.75) is 23.7 Å². The number of nitrogens with one attached hydrogen (secondary N) is 1. The molecule has 0 spiro atoms. The molecule has 1 N–H and O–H groups in total. The number of likely N-dealkylation sites (tertiary alicyclic amines) is 1. The molecule has 2 heterocycles. The van der Waals surface area contributed by atoms with Crippen molar-refractivity contribution in [2.75, 3.05) is 32.4 Å². The topological polar surface area (TPSA) is 32.3 Å². The second-order valence-electron chi connectivity index (χ2n) is 5.75. The van der Waals surface area contributed by atoms with E-state index >= 15 is 0 Å². The van der Waals surface area contributed by atoms with Gasteiger partial charge in [0.1, 0.15) is 0 Å². The van der Waals surface area contributed by atoms with E-state index in [0.29, 0.717) is 11.8 Å². The zero-order valence-electron chi connectivity index (χ0n) is 12.0. The van der Waals surface area contributed by atoms with E-state index in [9.17, 15) is 4.79 Å². The Morgan fingerprint density at radius 3 is 3.15 bits per heavy atom. The number of benzene rings is 1. The second-order valence-corrected chi connectivity index (χ2v) is 6.81. The SMILES string of the molecule is CNC[C@@H]1CCCN(C(=O)[C@H]2CSc3ccccc32)C1. The van der Waals surface area contributed by atoms with Crippen molar-refractivity contribution >= 4 is 17.7 Å².